The summed E-state index contributed by atoms with van der Waals surface area (Å²) < 4.78 is 5.73. The van der Waals surface area contributed by atoms with Crippen molar-refractivity contribution in [1.29, 1.82) is 0 Å². The van der Waals surface area contributed by atoms with Crippen molar-refractivity contribution in [2.75, 3.05) is 6.61 Å². The van der Waals surface area contributed by atoms with Crippen molar-refractivity contribution in [2.24, 2.45) is 17.8 Å². The minimum atomic E-state index is 0.719. The van der Waals surface area contributed by atoms with E-state index in [9.17, 15) is 0 Å². The topological polar surface area (TPSA) is 9.23 Å². The molecule has 0 atom stereocenters. The van der Waals surface area contributed by atoms with E-state index in [1.807, 2.05) is 0 Å². The molecule has 0 saturated heterocycles. The molecule has 3 rings (SSSR count). The lowest BCUT2D eigenvalue weighted by molar-refractivity contribution is 0.148. The average molecular weight is 409 g/mol. The fourth-order valence-electron chi connectivity index (χ4n) is 5.55. The molecule has 0 unspecified atom stereocenters. The normalized spacial score (nSPS) is 27.8. The molecule has 1 nitrogen and oxygen atoms in total. The van der Waals surface area contributed by atoms with E-state index in [4.69, 9.17) is 4.74 Å². The van der Waals surface area contributed by atoms with Crippen LogP contribution < -0.4 is 0 Å². The summed E-state index contributed by atoms with van der Waals surface area (Å²) in [5.41, 5.74) is 2.84. The Bertz CT molecular complexity index is 625. The smallest absolute Gasteiger partial charge is 0.0721 e. The third kappa shape index (κ3) is 7.41. The molecule has 0 amide bonds. The van der Waals surface area contributed by atoms with Crippen LogP contribution in [0.25, 0.3) is 0 Å². The molecule has 0 bridgehead atoms. The van der Waals surface area contributed by atoms with Gasteiger partial charge in [0, 0.05) is 0 Å². The molecule has 0 N–H and O–H groups in total. The van der Waals surface area contributed by atoms with Crippen molar-refractivity contribution in [3.63, 3.8) is 0 Å². The van der Waals surface area contributed by atoms with Gasteiger partial charge in [-0.3, -0.25) is 0 Å². The first kappa shape index (κ1) is 23.3. The molecule has 30 heavy (non-hydrogen) atoms. The summed E-state index contributed by atoms with van der Waals surface area (Å²) in [4.78, 5) is 0. The SMILES string of the molecule is CC/C=C/COCc1ccc(C2CCC(C3CCC(/C=C/CCC)CC3)CC2)cc1. The second kappa shape index (κ2) is 13.2. The van der Waals surface area contributed by atoms with Gasteiger partial charge in [-0.15, -0.1) is 0 Å². The van der Waals surface area contributed by atoms with Crippen LogP contribution in [-0.4, -0.2) is 6.61 Å². The zero-order valence-corrected chi connectivity index (χ0v) is 19.5. The zero-order valence-electron chi connectivity index (χ0n) is 19.5. The highest BCUT2D eigenvalue weighted by atomic mass is 16.5. The third-order valence-corrected chi connectivity index (χ3v) is 7.45. The van der Waals surface area contributed by atoms with Gasteiger partial charge < -0.3 is 4.74 Å². The Morgan fingerprint density at radius 2 is 1.47 bits per heavy atom. The summed E-state index contributed by atoms with van der Waals surface area (Å²) in [6, 6.07) is 9.27. The van der Waals surface area contributed by atoms with Gasteiger partial charge in [0.1, 0.15) is 0 Å². The van der Waals surface area contributed by atoms with Gasteiger partial charge in [-0.05, 0) is 99.0 Å². The highest BCUT2D eigenvalue weighted by molar-refractivity contribution is 5.25. The monoisotopic (exact) mass is 408 g/mol. The highest BCUT2D eigenvalue weighted by Crippen LogP contribution is 2.44. The minimum absolute atomic E-state index is 0.719. The second-order valence-electron chi connectivity index (χ2n) is 9.64. The van der Waals surface area contributed by atoms with Crippen molar-refractivity contribution >= 4 is 0 Å². The van der Waals surface area contributed by atoms with Gasteiger partial charge >= 0.3 is 0 Å². The van der Waals surface area contributed by atoms with Crippen LogP contribution in [0.5, 0.6) is 0 Å². The quantitative estimate of drug-likeness (QED) is 0.278. The summed E-state index contributed by atoms with van der Waals surface area (Å²) in [7, 11) is 0. The molecule has 166 valence electrons. The van der Waals surface area contributed by atoms with Crippen LogP contribution in [0, 0.1) is 17.8 Å². The summed E-state index contributed by atoms with van der Waals surface area (Å²) in [6.45, 7) is 5.86. The van der Waals surface area contributed by atoms with Crippen LogP contribution in [0.3, 0.4) is 0 Å². The van der Waals surface area contributed by atoms with Gasteiger partial charge in [0.15, 0.2) is 0 Å². The first-order valence-electron chi connectivity index (χ1n) is 12.8. The van der Waals surface area contributed by atoms with Crippen LogP contribution in [0.1, 0.15) is 102 Å². The molecular weight excluding hydrogens is 364 g/mol. The Morgan fingerprint density at radius 3 is 2.10 bits per heavy atom. The fraction of sp³-hybridized carbons (Fsp3) is 0.655. The van der Waals surface area contributed by atoms with Crippen molar-refractivity contribution in [1.82, 2.24) is 0 Å². The Hall–Kier alpha value is -1.34. The van der Waals surface area contributed by atoms with Gasteiger partial charge in [-0.1, -0.05) is 68.8 Å². The summed E-state index contributed by atoms with van der Waals surface area (Å²) in [5, 5.41) is 0. The highest BCUT2D eigenvalue weighted by Gasteiger charge is 2.30. The fourth-order valence-corrected chi connectivity index (χ4v) is 5.55. The molecule has 1 heteroatoms. The van der Waals surface area contributed by atoms with E-state index in [1.54, 1.807) is 5.56 Å². The van der Waals surface area contributed by atoms with Crippen molar-refractivity contribution in [2.45, 2.75) is 97.0 Å². The Balaban J connectivity index is 1.37. The molecular formula is C29H44O. The van der Waals surface area contributed by atoms with Gasteiger partial charge in [-0.25, -0.2) is 0 Å². The molecule has 0 spiro atoms. The first-order chi connectivity index (χ1) is 14.8. The molecule has 0 aliphatic heterocycles. The van der Waals surface area contributed by atoms with E-state index in [0.29, 0.717) is 0 Å². The number of hydrogen-bond acceptors (Lipinski definition) is 1. The molecule has 1 aromatic carbocycles. The molecule has 1 aromatic rings. The molecule has 0 heterocycles. The lowest BCUT2D eigenvalue weighted by Gasteiger charge is -2.37. The lowest BCUT2D eigenvalue weighted by Crippen LogP contribution is -2.25. The first-order valence-corrected chi connectivity index (χ1v) is 12.8. The van der Waals surface area contributed by atoms with E-state index in [-0.39, 0.29) is 0 Å². The van der Waals surface area contributed by atoms with Gasteiger partial charge in [-0.2, -0.15) is 0 Å². The molecule has 0 radical (unpaired) electrons. The maximum absolute atomic E-state index is 5.73. The second-order valence-corrected chi connectivity index (χ2v) is 9.64. The predicted molar refractivity (Wildman–Crippen MR) is 130 cm³/mol. The predicted octanol–water partition coefficient (Wildman–Crippen LogP) is 8.61. The Labute approximate surface area is 186 Å². The molecule has 2 aliphatic carbocycles. The number of unbranched alkanes of at least 4 members (excludes halogenated alkanes) is 1. The molecule has 2 fully saturated rings. The van der Waals surface area contributed by atoms with Crippen molar-refractivity contribution < 1.29 is 4.74 Å². The maximum atomic E-state index is 5.73. The molecule has 0 aromatic heterocycles. The van der Waals surface area contributed by atoms with E-state index in [0.717, 1.165) is 43.3 Å². The summed E-state index contributed by atoms with van der Waals surface area (Å²) in [5.74, 6) is 3.64. The Morgan fingerprint density at radius 1 is 0.800 bits per heavy atom. The van der Waals surface area contributed by atoms with Crippen LogP contribution in [0.4, 0.5) is 0 Å². The molecule has 2 aliphatic rings. The number of allylic oxidation sites excluding steroid dienone is 3. The van der Waals surface area contributed by atoms with E-state index >= 15 is 0 Å². The zero-order chi connectivity index (χ0) is 21.0. The van der Waals surface area contributed by atoms with Gasteiger partial charge in [0.2, 0.25) is 0 Å². The van der Waals surface area contributed by atoms with Crippen LogP contribution in [0.2, 0.25) is 0 Å². The van der Waals surface area contributed by atoms with E-state index < -0.39 is 0 Å². The number of hydrogen-bond donors (Lipinski definition) is 0. The Kier molecular flexibility index (Phi) is 10.2. The van der Waals surface area contributed by atoms with Crippen LogP contribution >= 0.6 is 0 Å². The average Bonchev–Trinajstić information content (AvgIpc) is 2.80. The van der Waals surface area contributed by atoms with Gasteiger partial charge in [0.05, 0.1) is 13.2 Å². The number of rotatable bonds is 10. The van der Waals surface area contributed by atoms with Crippen molar-refractivity contribution in [3.05, 3.63) is 59.7 Å². The largest absolute Gasteiger partial charge is 0.373 e. The lowest BCUT2D eigenvalue weighted by atomic mass is 9.68. The van der Waals surface area contributed by atoms with E-state index in [2.05, 4.69) is 62.4 Å². The standard InChI is InChI=1S/C29H44O/c1-3-5-7-9-24-10-14-26(15-11-24)28-18-20-29(21-19-28)27-16-12-25(13-17-27)23-30-22-8-6-4-2/h6-9,12-13,16-17,24,26,28-29H,3-5,10-11,14-15,18-23H2,1-2H3/b8-6+,9-7+. The van der Waals surface area contributed by atoms with Crippen molar-refractivity contribution in [3.8, 4) is 0 Å². The summed E-state index contributed by atoms with van der Waals surface area (Å²) in [6.07, 6.45) is 24.3. The van der Waals surface area contributed by atoms with Crippen LogP contribution in [-0.2, 0) is 11.3 Å². The van der Waals surface area contributed by atoms with Crippen LogP contribution in [0.15, 0.2) is 48.6 Å². The number of ether oxygens (including phenoxy) is 1. The van der Waals surface area contributed by atoms with Gasteiger partial charge in [0.25, 0.3) is 0 Å². The summed E-state index contributed by atoms with van der Waals surface area (Å²) >= 11 is 0. The number of benzene rings is 1. The third-order valence-electron chi connectivity index (χ3n) is 7.45. The maximum Gasteiger partial charge on any atom is 0.0721 e. The molecule has 2 saturated carbocycles. The minimum Gasteiger partial charge on any atom is -0.373 e. The van der Waals surface area contributed by atoms with E-state index in [1.165, 1.54) is 69.8 Å².